The summed E-state index contributed by atoms with van der Waals surface area (Å²) in [6.07, 6.45) is 4.12. The molecule has 5 heteroatoms. The monoisotopic (exact) mass is 491 g/mol. The number of nitrogens with zero attached hydrogens (tertiary/aromatic N) is 1. The number of hydrogen-bond acceptors (Lipinski definition) is 4. The number of amides is 1. The van der Waals surface area contributed by atoms with Crippen molar-refractivity contribution in [3.8, 4) is 11.1 Å². The summed E-state index contributed by atoms with van der Waals surface area (Å²) in [5.74, 6) is 0.474. The van der Waals surface area contributed by atoms with E-state index in [2.05, 4.69) is 101 Å². The molecule has 2 aromatic carbocycles. The fourth-order valence-electron chi connectivity index (χ4n) is 6.49. The van der Waals surface area contributed by atoms with Crippen LogP contribution in [0.15, 0.2) is 36.4 Å². The van der Waals surface area contributed by atoms with Gasteiger partial charge in [0, 0.05) is 55.2 Å². The number of carbonyl (C=O) groups is 1. The summed E-state index contributed by atoms with van der Waals surface area (Å²) in [6, 6.07) is 13.3. The first-order chi connectivity index (χ1) is 16.9. The third kappa shape index (κ3) is 6.30. The first kappa shape index (κ1) is 26.7. The Balaban J connectivity index is 1.62. The third-order valence-electron chi connectivity index (χ3n) is 7.95. The predicted octanol–water partition coefficient (Wildman–Crippen LogP) is 5.87. The van der Waals surface area contributed by atoms with Crippen LogP contribution in [0.4, 0.5) is 5.69 Å². The maximum atomic E-state index is 13.7. The van der Waals surface area contributed by atoms with Gasteiger partial charge in [0.2, 0.25) is 0 Å². The molecule has 36 heavy (non-hydrogen) atoms. The van der Waals surface area contributed by atoms with Gasteiger partial charge in [-0.1, -0.05) is 29.8 Å². The van der Waals surface area contributed by atoms with Crippen molar-refractivity contribution < 1.29 is 9.53 Å². The minimum atomic E-state index is 0.0252. The molecule has 0 bridgehead atoms. The molecule has 2 aromatic rings. The molecule has 0 radical (unpaired) electrons. The van der Waals surface area contributed by atoms with E-state index in [1.54, 1.807) is 0 Å². The van der Waals surface area contributed by atoms with Crippen molar-refractivity contribution in [1.29, 1.82) is 0 Å². The van der Waals surface area contributed by atoms with Gasteiger partial charge in [0.25, 0.3) is 5.91 Å². The molecular weight excluding hydrogens is 446 g/mol. The summed E-state index contributed by atoms with van der Waals surface area (Å²) in [5.41, 5.74) is 6.54. The van der Waals surface area contributed by atoms with Crippen LogP contribution in [0.2, 0.25) is 0 Å². The number of carbonyl (C=O) groups excluding carboxylic acids is 1. The highest BCUT2D eigenvalue weighted by atomic mass is 16.5. The van der Waals surface area contributed by atoms with Gasteiger partial charge in [-0.05, 0) is 102 Å². The Bertz CT molecular complexity index is 1050. The van der Waals surface area contributed by atoms with Crippen LogP contribution in [0.25, 0.3) is 11.1 Å². The van der Waals surface area contributed by atoms with Gasteiger partial charge in [-0.2, -0.15) is 0 Å². The van der Waals surface area contributed by atoms with E-state index >= 15 is 0 Å². The number of aryl methyl sites for hydroxylation is 1. The van der Waals surface area contributed by atoms with Gasteiger partial charge in [-0.3, -0.25) is 4.79 Å². The second-order valence-corrected chi connectivity index (χ2v) is 12.4. The van der Waals surface area contributed by atoms with E-state index in [1.165, 1.54) is 5.56 Å². The number of ether oxygens (including phenoxy) is 1. The van der Waals surface area contributed by atoms with Crippen LogP contribution in [0.5, 0.6) is 0 Å². The molecule has 0 atom stereocenters. The zero-order chi connectivity index (χ0) is 26.1. The smallest absolute Gasteiger partial charge is 0.251 e. The van der Waals surface area contributed by atoms with Crippen LogP contribution in [0.1, 0.15) is 74.9 Å². The number of anilines is 1. The molecule has 0 unspecified atom stereocenters. The van der Waals surface area contributed by atoms with E-state index in [0.717, 1.165) is 66.8 Å². The van der Waals surface area contributed by atoms with E-state index in [1.807, 2.05) is 0 Å². The lowest BCUT2D eigenvalue weighted by Gasteiger charge is -2.46. The quantitative estimate of drug-likeness (QED) is 0.530. The predicted molar refractivity (Wildman–Crippen MR) is 150 cm³/mol. The number of piperidine rings is 1. The molecule has 196 valence electrons. The van der Waals surface area contributed by atoms with Crippen LogP contribution < -0.4 is 15.5 Å². The van der Waals surface area contributed by atoms with E-state index in [4.69, 9.17) is 4.74 Å². The van der Waals surface area contributed by atoms with Crippen molar-refractivity contribution >= 4 is 11.6 Å². The van der Waals surface area contributed by atoms with Gasteiger partial charge in [0.1, 0.15) is 0 Å². The SMILES string of the molecule is Cc1ccc(-c2cc(C(=O)NCC3CC(C)(C)NC(C)(C)C3)c(C)c(N(C)C3CCOCC3)c2)cc1. The minimum absolute atomic E-state index is 0.0252. The third-order valence-corrected chi connectivity index (χ3v) is 7.95. The summed E-state index contributed by atoms with van der Waals surface area (Å²) < 4.78 is 5.61. The Morgan fingerprint density at radius 1 is 1.00 bits per heavy atom. The minimum Gasteiger partial charge on any atom is -0.381 e. The maximum absolute atomic E-state index is 13.7. The number of nitrogens with one attached hydrogen (secondary N) is 2. The highest BCUT2D eigenvalue weighted by molar-refractivity contribution is 5.99. The lowest BCUT2D eigenvalue weighted by molar-refractivity contribution is 0.0854. The van der Waals surface area contributed by atoms with Crippen molar-refractivity contribution in [2.75, 3.05) is 31.7 Å². The normalized spacial score (nSPS) is 20.2. The Labute approximate surface area is 218 Å². The van der Waals surface area contributed by atoms with Crippen molar-refractivity contribution in [2.24, 2.45) is 5.92 Å². The lowest BCUT2D eigenvalue weighted by Crippen LogP contribution is -2.59. The first-order valence-corrected chi connectivity index (χ1v) is 13.5. The number of rotatable bonds is 6. The van der Waals surface area contributed by atoms with Gasteiger partial charge in [-0.15, -0.1) is 0 Å². The molecule has 2 saturated heterocycles. The average Bonchev–Trinajstić information content (AvgIpc) is 2.81. The lowest BCUT2D eigenvalue weighted by atomic mass is 9.76. The van der Waals surface area contributed by atoms with Crippen LogP contribution in [0.3, 0.4) is 0 Å². The second kappa shape index (κ2) is 10.5. The fraction of sp³-hybridized carbons (Fsp3) is 0.581. The fourth-order valence-corrected chi connectivity index (χ4v) is 6.49. The second-order valence-electron chi connectivity index (χ2n) is 12.4. The highest BCUT2D eigenvalue weighted by Crippen LogP contribution is 2.34. The van der Waals surface area contributed by atoms with Crippen LogP contribution >= 0.6 is 0 Å². The van der Waals surface area contributed by atoms with Gasteiger partial charge in [0.05, 0.1) is 0 Å². The Hall–Kier alpha value is -2.37. The first-order valence-electron chi connectivity index (χ1n) is 13.5. The Morgan fingerprint density at radius 2 is 1.61 bits per heavy atom. The van der Waals surface area contributed by atoms with Crippen molar-refractivity contribution in [2.45, 2.75) is 84.3 Å². The van der Waals surface area contributed by atoms with Crippen molar-refractivity contribution in [3.63, 3.8) is 0 Å². The van der Waals surface area contributed by atoms with E-state index in [9.17, 15) is 4.79 Å². The molecule has 0 aliphatic carbocycles. The number of benzene rings is 2. The molecule has 2 aliphatic rings. The molecule has 4 rings (SSSR count). The molecule has 0 saturated carbocycles. The molecule has 2 heterocycles. The standard InChI is InChI=1S/C31H45N3O2/c1-21-8-10-24(11-9-21)25-16-27(22(2)28(17-25)34(7)26-12-14-36-15-13-26)29(35)32-20-23-18-30(3,4)33-31(5,6)19-23/h8-11,16-17,23,26,33H,12-15,18-20H2,1-7H3,(H,32,35). The summed E-state index contributed by atoms with van der Waals surface area (Å²) in [6.45, 7) is 15.5. The van der Waals surface area contributed by atoms with Crippen LogP contribution in [-0.4, -0.2) is 49.8 Å². The molecular formula is C31H45N3O2. The zero-order valence-corrected chi connectivity index (χ0v) is 23.3. The largest absolute Gasteiger partial charge is 0.381 e. The van der Waals surface area contributed by atoms with E-state index in [-0.39, 0.29) is 17.0 Å². The van der Waals surface area contributed by atoms with Crippen molar-refractivity contribution in [3.05, 3.63) is 53.1 Å². The molecule has 0 aromatic heterocycles. The average molecular weight is 492 g/mol. The maximum Gasteiger partial charge on any atom is 0.251 e. The highest BCUT2D eigenvalue weighted by Gasteiger charge is 2.37. The Morgan fingerprint density at radius 3 is 2.22 bits per heavy atom. The topological polar surface area (TPSA) is 53.6 Å². The van der Waals surface area contributed by atoms with Crippen LogP contribution in [-0.2, 0) is 4.74 Å². The molecule has 1 amide bonds. The summed E-state index contributed by atoms with van der Waals surface area (Å²) in [7, 11) is 2.16. The van der Waals surface area contributed by atoms with Gasteiger partial charge >= 0.3 is 0 Å². The van der Waals surface area contributed by atoms with E-state index < -0.39 is 0 Å². The van der Waals surface area contributed by atoms with E-state index in [0.29, 0.717) is 18.5 Å². The molecule has 0 spiro atoms. The molecule has 5 nitrogen and oxygen atoms in total. The van der Waals surface area contributed by atoms with Crippen molar-refractivity contribution in [1.82, 2.24) is 10.6 Å². The van der Waals surface area contributed by atoms with Gasteiger partial charge in [-0.25, -0.2) is 0 Å². The summed E-state index contributed by atoms with van der Waals surface area (Å²) >= 11 is 0. The summed E-state index contributed by atoms with van der Waals surface area (Å²) in [5, 5.41) is 7.06. The number of hydrogen-bond donors (Lipinski definition) is 2. The van der Waals surface area contributed by atoms with Gasteiger partial charge < -0.3 is 20.3 Å². The molecule has 2 aliphatic heterocycles. The van der Waals surface area contributed by atoms with Gasteiger partial charge in [0.15, 0.2) is 0 Å². The summed E-state index contributed by atoms with van der Waals surface area (Å²) in [4.78, 5) is 16.0. The zero-order valence-electron chi connectivity index (χ0n) is 23.3. The molecule has 2 fully saturated rings. The Kier molecular flexibility index (Phi) is 7.82. The van der Waals surface area contributed by atoms with Crippen LogP contribution in [0, 0.1) is 19.8 Å². The molecule has 2 N–H and O–H groups in total.